The van der Waals surface area contributed by atoms with Crippen molar-refractivity contribution in [1.29, 1.82) is 0 Å². The molecular formula is C26H22ClNO5. The second-order valence-electron chi connectivity index (χ2n) is 7.63. The lowest BCUT2D eigenvalue weighted by Gasteiger charge is -2.26. The zero-order chi connectivity index (χ0) is 23.7. The van der Waals surface area contributed by atoms with Crippen molar-refractivity contribution in [3.63, 3.8) is 0 Å². The Hall–Kier alpha value is -3.77. The predicted molar refractivity (Wildman–Crippen MR) is 127 cm³/mol. The monoisotopic (exact) mass is 463 g/mol. The van der Waals surface area contributed by atoms with Crippen LogP contribution in [-0.4, -0.2) is 28.5 Å². The van der Waals surface area contributed by atoms with Crippen LogP contribution in [0.25, 0.3) is 5.76 Å². The van der Waals surface area contributed by atoms with E-state index in [9.17, 15) is 19.8 Å². The summed E-state index contributed by atoms with van der Waals surface area (Å²) in [5.41, 5.74) is 2.01. The smallest absolute Gasteiger partial charge is 0.300 e. The minimum absolute atomic E-state index is 0.0204. The summed E-state index contributed by atoms with van der Waals surface area (Å²) in [6.45, 7) is 4.01. The van der Waals surface area contributed by atoms with E-state index in [4.69, 9.17) is 16.3 Å². The number of Topliss-reactive ketones (excluding diaryl/α,β-unsaturated/α-hetero) is 1. The van der Waals surface area contributed by atoms with Gasteiger partial charge in [0.25, 0.3) is 11.7 Å². The summed E-state index contributed by atoms with van der Waals surface area (Å²) >= 11 is 6.17. The molecule has 1 fully saturated rings. The number of hydrogen-bond acceptors (Lipinski definition) is 5. The average molecular weight is 464 g/mol. The van der Waals surface area contributed by atoms with Gasteiger partial charge in [-0.1, -0.05) is 41.9 Å². The molecule has 7 heteroatoms. The Kier molecular flexibility index (Phi) is 6.11. The molecule has 1 heterocycles. The van der Waals surface area contributed by atoms with Crippen molar-refractivity contribution in [1.82, 2.24) is 0 Å². The highest BCUT2D eigenvalue weighted by atomic mass is 35.5. The van der Waals surface area contributed by atoms with Crippen LogP contribution >= 0.6 is 11.6 Å². The lowest BCUT2D eigenvalue weighted by Crippen LogP contribution is -2.30. The van der Waals surface area contributed by atoms with Crippen LogP contribution in [0, 0.1) is 6.92 Å². The van der Waals surface area contributed by atoms with E-state index in [0.717, 1.165) is 5.56 Å². The first kappa shape index (κ1) is 22.4. The van der Waals surface area contributed by atoms with Crippen molar-refractivity contribution in [2.24, 2.45) is 0 Å². The average Bonchev–Trinajstić information content (AvgIpc) is 3.06. The number of carbonyl (C=O) groups excluding carboxylic acids is 2. The number of benzene rings is 3. The Morgan fingerprint density at radius 1 is 1.06 bits per heavy atom. The third kappa shape index (κ3) is 4.05. The molecule has 1 unspecified atom stereocenters. The Morgan fingerprint density at radius 3 is 2.52 bits per heavy atom. The molecule has 0 aromatic heterocycles. The third-order valence-electron chi connectivity index (χ3n) is 5.51. The van der Waals surface area contributed by atoms with E-state index in [-0.39, 0.29) is 22.6 Å². The van der Waals surface area contributed by atoms with E-state index in [2.05, 4.69) is 0 Å². The fourth-order valence-corrected chi connectivity index (χ4v) is 4.17. The first-order valence-electron chi connectivity index (χ1n) is 10.4. The van der Waals surface area contributed by atoms with Gasteiger partial charge in [-0.3, -0.25) is 14.5 Å². The Morgan fingerprint density at radius 2 is 1.82 bits per heavy atom. The number of nitrogens with zero attached hydrogens (tertiary/aromatic N) is 1. The molecule has 1 atom stereocenters. The van der Waals surface area contributed by atoms with Gasteiger partial charge in [-0.25, -0.2) is 0 Å². The molecule has 4 rings (SSSR count). The number of ketones is 1. The SMILES string of the molecule is CCOc1cc(/C(O)=C2/C(=O)C(=O)N(c3ccccc3C)C2c2cccc(O)c2)ccc1Cl. The normalized spacial score (nSPS) is 17.4. The van der Waals surface area contributed by atoms with Gasteiger partial charge in [0.05, 0.1) is 23.2 Å². The van der Waals surface area contributed by atoms with Crippen LogP contribution in [0.15, 0.2) is 72.3 Å². The molecule has 6 nitrogen and oxygen atoms in total. The minimum Gasteiger partial charge on any atom is -0.508 e. The number of aryl methyl sites for hydroxylation is 1. The fraction of sp³-hybridized carbons (Fsp3) is 0.154. The first-order valence-corrected chi connectivity index (χ1v) is 10.8. The number of aliphatic hydroxyl groups is 1. The van der Waals surface area contributed by atoms with Gasteiger partial charge in [0, 0.05) is 11.3 Å². The Balaban J connectivity index is 1.96. The first-order chi connectivity index (χ1) is 15.8. The number of para-hydroxylation sites is 1. The standard InChI is InChI=1S/C26H22ClNO5/c1-3-33-21-14-17(11-12-19(21)27)24(30)22-23(16-8-6-9-18(29)13-16)28(26(32)25(22)31)20-10-5-4-7-15(20)2/h4-14,23,29-30H,3H2,1-2H3/b24-22-. The van der Waals surface area contributed by atoms with E-state index in [1.54, 1.807) is 43.3 Å². The molecule has 0 spiro atoms. The highest BCUT2D eigenvalue weighted by molar-refractivity contribution is 6.51. The molecule has 1 aliphatic rings. The highest BCUT2D eigenvalue weighted by Gasteiger charge is 2.47. The largest absolute Gasteiger partial charge is 0.508 e. The molecule has 0 saturated carbocycles. The van der Waals surface area contributed by atoms with Crippen molar-refractivity contribution >= 4 is 34.7 Å². The number of aliphatic hydroxyl groups excluding tert-OH is 1. The second-order valence-corrected chi connectivity index (χ2v) is 8.04. The molecule has 2 N–H and O–H groups in total. The van der Waals surface area contributed by atoms with E-state index >= 15 is 0 Å². The molecule has 0 aliphatic carbocycles. The number of carbonyl (C=O) groups is 2. The molecule has 168 valence electrons. The van der Waals surface area contributed by atoms with Gasteiger partial charge in [-0.05, 0) is 61.4 Å². The summed E-state index contributed by atoms with van der Waals surface area (Å²) in [7, 11) is 0. The third-order valence-corrected chi connectivity index (χ3v) is 5.82. The number of aromatic hydroxyl groups is 1. The molecule has 0 radical (unpaired) electrons. The van der Waals surface area contributed by atoms with Crippen molar-refractivity contribution in [3.8, 4) is 11.5 Å². The van der Waals surface area contributed by atoms with Gasteiger partial charge < -0.3 is 14.9 Å². The van der Waals surface area contributed by atoms with Gasteiger partial charge in [0.2, 0.25) is 0 Å². The zero-order valence-electron chi connectivity index (χ0n) is 18.1. The van der Waals surface area contributed by atoms with Crippen LogP contribution in [0.2, 0.25) is 5.02 Å². The zero-order valence-corrected chi connectivity index (χ0v) is 18.8. The summed E-state index contributed by atoms with van der Waals surface area (Å²) in [5.74, 6) is -1.61. The molecule has 1 amide bonds. The summed E-state index contributed by atoms with van der Waals surface area (Å²) in [4.78, 5) is 27.8. The van der Waals surface area contributed by atoms with Crippen LogP contribution in [0.1, 0.15) is 29.7 Å². The molecule has 1 aliphatic heterocycles. The van der Waals surface area contributed by atoms with Crippen molar-refractivity contribution in [2.45, 2.75) is 19.9 Å². The quantitative estimate of drug-likeness (QED) is 0.301. The van der Waals surface area contributed by atoms with Crippen LogP contribution in [0.3, 0.4) is 0 Å². The van der Waals surface area contributed by atoms with E-state index < -0.39 is 17.7 Å². The number of halogens is 1. The topological polar surface area (TPSA) is 87.1 Å². The summed E-state index contributed by atoms with van der Waals surface area (Å²) < 4.78 is 5.51. The van der Waals surface area contributed by atoms with Crippen molar-refractivity contribution in [2.75, 3.05) is 11.5 Å². The van der Waals surface area contributed by atoms with E-state index in [0.29, 0.717) is 28.6 Å². The molecule has 0 bridgehead atoms. The van der Waals surface area contributed by atoms with Crippen LogP contribution in [-0.2, 0) is 9.59 Å². The molecule has 33 heavy (non-hydrogen) atoms. The summed E-state index contributed by atoms with van der Waals surface area (Å²) in [6, 6.07) is 17.2. The number of ether oxygens (including phenoxy) is 1. The van der Waals surface area contributed by atoms with Crippen molar-refractivity contribution < 1.29 is 24.5 Å². The minimum atomic E-state index is -0.940. The Labute approximate surface area is 196 Å². The lowest BCUT2D eigenvalue weighted by atomic mass is 9.94. The highest BCUT2D eigenvalue weighted by Crippen LogP contribution is 2.44. The second kappa shape index (κ2) is 9.00. The summed E-state index contributed by atoms with van der Waals surface area (Å²) in [6.07, 6.45) is 0. The van der Waals surface area contributed by atoms with E-state index in [1.807, 2.05) is 19.1 Å². The van der Waals surface area contributed by atoms with Crippen LogP contribution in [0.4, 0.5) is 5.69 Å². The maximum Gasteiger partial charge on any atom is 0.300 e. The number of rotatable bonds is 5. The number of phenols is 1. The van der Waals surface area contributed by atoms with Gasteiger partial charge >= 0.3 is 0 Å². The number of anilines is 1. The van der Waals surface area contributed by atoms with Gasteiger partial charge in [-0.2, -0.15) is 0 Å². The summed E-state index contributed by atoms with van der Waals surface area (Å²) in [5, 5.41) is 21.7. The van der Waals surface area contributed by atoms with Crippen LogP contribution in [0.5, 0.6) is 11.5 Å². The predicted octanol–water partition coefficient (Wildman–Crippen LogP) is 5.38. The van der Waals surface area contributed by atoms with Gasteiger partial charge in [0.15, 0.2) is 0 Å². The number of hydrogen-bond donors (Lipinski definition) is 2. The molecule has 3 aromatic rings. The molecular weight excluding hydrogens is 442 g/mol. The lowest BCUT2D eigenvalue weighted by molar-refractivity contribution is -0.132. The van der Waals surface area contributed by atoms with Crippen molar-refractivity contribution in [3.05, 3.63) is 94.0 Å². The molecule has 1 saturated heterocycles. The maximum absolute atomic E-state index is 13.2. The van der Waals surface area contributed by atoms with Gasteiger partial charge in [-0.15, -0.1) is 0 Å². The van der Waals surface area contributed by atoms with Gasteiger partial charge in [0.1, 0.15) is 17.3 Å². The number of phenolic OH excluding ortho intramolecular Hbond substituents is 1. The van der Waals surface area contributed by atoms with Crippen LogP contribution < -0.4 is 9.64 Å². The maximum atomic E-state index is 13.2. The fourth-order valence-electron chi connectivity index (χ4n) is 4.00. The number of amides is 1. The molecule has 3 aromatic carbocycles. The van der Waals surface area contributed by atoms with E-state index in [1.165, 1.54) is 23.1 Å². The Bertz CT molecular complexity index is 1280.